The van der Waals surface area contributed by atoms with Crippen molar-refractivity contribution in [2.45, 2.75) is 6.54 Å². The summed E-state index contributed by atoms with van der Waals surface area (Å²) in [5.74, 6) is 1.43. The topological polar surface area (TPSA) is 72.9 Å². The molecule has 1 N–H and O–H groups in total. The number of amides is 1. The number of carbonyl (C=O) groups excluding carboxylic acids is 1. The van der Waals surface area contributed by atoms with Gasteiger partial charge in [0.25, 0.3) is 0 Å². The summed E-state index contributed by atoms with van der Waals surface area (Å²) in [5.41, 5.74) is 1.51. The SMILES string of the molecule is O=C1CN(Cc2cccnc2)CCOCCOc2ccccc2Oc2ccc(Cl)cc2N1. The van der Waals surface area contributed by atoms with Crippen molar-refractivity contribution >= 4 is 23.2 Å². The second kappa shape index (κ2) is 10.9. The van der Waals surface area contributed by atoms with Crippen molar-refractivity contribution in [1.82, 2.24) is 9.88 Å². The maximum Gasteiger partial charge on any atom is 0.238 e. The summed E-state index contributed by atoms with van der Waals surface area (Å²) in [6.07, 6.45) is 3.52. The summed E-state index contributed by atoms with van der Waals surface area (Å²) in [6, 6.07) is 16.3. The van der Waals surface area contributed by atoms with Gasteiger partial charge in [-0.1, -0.05) is 29.8 Å². The summed E-state index contributed by atoms with van der Waals surface area (Å²) in [5, 5.41) is 3.43. The molecule has 0 atom stereocenters. The van der Waals surface area contributed by atoms with Crippen LogP contribution in [0.4, 0.5) is 5.69 Å². The molecule has 2 heterocycles. The number of aromatic nitrogens is 1. The number of rotatable bonds is 2. The molecule has 2 aromatic carbocycles. The zero-order valence-electron chi connectivity index (χ0n) is 17.5. The molecule has 4 rings (SSSR count). The van der Waals surface area contributed by atoms with E-state index in [9.17, 15) is 4.79 Å². The largest absolute Gasteiger partial charge is 0.487 e. The minimum Gasteiger partial charge on any atom is -0.487 e. The van der Waals surface area contributed by atoms with Gasteiger partial charge in [-0.25, -0.2) is 0 Å². The first-order chi connectivity index (χ1) is 15.7. The molecule has 1 aromatic heterocycles. The van der Waals surface area contributed by atoms with Crippen LogP contribution in [-0.4, -0.2) is 48.7 Å². The third-order valence-electron chi connectivity index (χ3n) is 4.82. The van der Waals surface area contributed by atoms with E-state index in [1.54, 1.807) is 30.6 Å². The fourth-order valence-corrected chi connectivity index (χ4v) is 3.50. The smallest absolute Gasteiger partial charge is 0.238 e. The second-order valence-corrected chi connectivity index (χ2v) is 7.71. The van der Waals surface area contributed by atoms with Crippen LogP contribution in [0.15, 0.2) is 67.0 Å². The molecule has 3 aromatic rings. The molecule has 1 aliphatic rings. The Labute approximate surface area is 191 Å². The highest BCUT2D eigenvalue weighted by Gasteiger charge is 2.16. The molecule has 0 fully saturated rings. The Bertz CT molecular complexity index is 1050. The average molecular weight is 454 g/mol. The molecule has 0 radical (unpaired) electrons. The van der Waals surface area contributed by atoms with Gasteiger partial charge in [0.2, 0.25) is 5.91 Å². The van der Waals surface area contributed by atoms with Crippen LogP contribution in [0.3, 0.4) is 0 Å². The van der Waals surface area contributed by atoms with Crippen LogP contribution >= 0.6 is 11.6 Å². The molecular weight excluding hydrogens is 430 g/mol. The minimum atomic E-state index is -0.180. The molecular formula is C24H24ClN3O4. The first kappa shape index (κ1) is 22.1. The van der Waals surface area contributed by atoms with Gasteiger partial charge < -0.3 is 19.5 Å². The van der Waals surface area contributed by atoms with E-state index in [0.29, 0.717) is 60.9 Å². The van der Waals surface area contributed by atoms with E-state index in [1.807, 2.05) is 41.3 Å². The molecule has 0 saturated heterocycles. The van der Waals surface area contributed by atoms with Gasteiger partial charge in [0.05, 0.1) is 25.4 Å². The Kier molecular flexibility index (Phi) is 7.55. The summed E-state index contributed by atoms with van der Waals surface area (Å²) >= 11 is 6.19. The number of para-hydroxylation sites is 2. The van der Waals surface area contributed by atoms with Gasteiger partial charge in [-0.3, -0.25) is 14.7 Å². The highest BCUT2D eigenvalue weighted by molar-refractivity contribution is 6.31. The Morgan fingerprint density at radius 1 is 1.00 bits per heavy atom. The number of fused-ring (bicyclic) bond motifs is 2. The maximum absolute atomic E-state index is 12.9. The molecule has 32 heavy (non-hydrogen) atoms. The minimum absolute atomic E-state index is 0.178. The van der Waals surface area contributed by atoms with Crippen LogP contribution in [0.25, 0.3) is 0 Å². The Hall–Kier alpha value is -3.13. The van der Waals surface area contributed by atoms with Gasteiger partial charge in [-0.05, 0) is 42.0 Å². The molecule has 7 nitrogen and oxygen atoms in total. The number of anilines is 1. The van der Waals surface area contributed by atoms with Crippen molar-refractivity contribution in [3.63, 3.8) is 0 Å². The zero-order valence-corrected chi connectivity index (χ0v) is 18.3. The number of nitrogens with zero attached hydrogens (tertiary/aromatic N) is 2. The van der Waals surface area contributed by atoms with Gasteiger partial charge in [0, 0.05) is 30.5 Å². The number of hydrogen-bond donors (Lipinski definition) is 1. The van der Waals surface area contributed by atoms with Crippen molar-refractivity contribution in [1.29, 1.82) is 0 Å². The third kappa shape index (κ3) is 6.20. The quantitative estimate of drug-likeness (QED) is 0.621. The van der Waals surface area contributed by atoms with Gasteiger partial charge in [0.1, 0.15) is 6.61 Å². The molecule has 8 heteroatoms. The summed E-state index contributed by atoms with van der Waals surface area (Å²) in [6.45, 7) is 2.61. The van der Waals surface area contributed by atoms with Crippen LogP contribution in [-0.2, 0) is 16.1 Å². The lowest BCUT2D eigenvalue weighted by atomic mass is 10.2. The fraction of sp³-hybridized carbons (Fsp3) is 0.250. The van der Waals surface area contributed by atoms with Crippen molar-refractivity contribution in [3.05, 3.63) is 77.6 Å². The van der Waals surface area contributed by atoms with Crippen molar-refractivity contribution < 1.29 is 19.0 Å². The van der Waals surface area contributed by atoms with E-state index < -0.39 is 0 Å². The van der Waals surface area contributed by atoms with Crippen LogP contribution in [0.5, 0.6) is 17.2 Å². The number of nitrogens with one attached hydrogen (secondary N) is 1. The number of carbonyl (C=O) groups is 1. The van der Waals surface area contributed by atoms with E-state index in [2.05, 4.69) is 10.3 Å². The van der Waals surface area contributed by atoms with Gasteiger partial charge in [-0.2, -0.15) is 0 Å². The zero-order chi connectivity index (χ0) is 22.2. The first-order valence-corrected chi connectivity index (χ1v) is 10.7. The molecule has 0 spiro atoms. The van der Waals surface area contributed by atoms with Crippen molar-refractivity contribution in [2.75, 3.05) is 38.2 Å². The normalized spacial score (nSPS) is 15.7. The predicted molar refractivity (Wildman–Crippen MR) is 122 cm³/mol. The maximum atomic E-state index is 12.9. The van der Waals surface area contributed by atoms with Crippen LogP contribution in [0, 0.1) is 0 Å². The monoisotopic (exact) mass is 453 g/mol. The fourth-order valence-electron chi connectivity index (χ4n) is 3.32. The van der Waals surface area contributed by atoms with Crippen molar-refractivity contribution in [3.8, 4) is 17.2 Å². The highest BCUT2D eigenvalue weighted by Crippen LogP contribution is 2.36. The number of halogens is 1. The van der Waals surface area contributed by atoms with Gasteiger partial charge >= 0.3 is 0 Å². The number of ether oxygens (including phenoxy) is 3. The van der Waals surface area contributed by atoms with E-state index in [4.69, 9.17) is 25.8 Å². The molecule has 166 valence electrons. The Morgan fingerprint density at radius 3 is 2.72 bits per heavy atom. The molecule has 0 aliphatic carbocycles. The van der Waals surface area contributed by atoms with Crippen LogP contribution in [0.1, 0.15) is 5.56 Å². The van der Waals surface area contributed by atoms with Gasteiger partial charge in [-0.15, -0.1) is 0 Å². The Morgan fingerprint density at radius 2 is 1.88 bits per heavy atom. The molecule has 0 saturated carbocycles. The standard InChI is InChI=1S/C24H24ClN3O4/c25-19-7-8-21-20(14-19)27-24(29)17-28(16-18-4-3-9-26-15-18)10-11-30-12-13-31-22-5-1-2-6-23(22)32-21/h1-9,14-15H,10-13,16-17H2,(H,27,29). The Balaban J connectivity index is 1.58. The molecule has 0 bridgehead atoms. The summed E-state index contributed by atoms with van der Waals surface area (Å²) in [4.78, 5) is 19.1. The number of benzene rings is 2. The van der Waals surface area contributed by atoms with E-state index in [1.165, 1.54) is 0 Å². The van der Waals surface area contributed by atoms with Gasteiger partial charge in [0.15, 0.2) is 17.2 Å². The lowest BCUT2D eigenvalue weighted by Gasteiger charge is -2.22. The first-order valence-electron chi connectivity index (χ1n) is 10.4. The van der Waals surface area contributed by atoms with Crippen LogP contribution in [0.2, 0.25) is 5.02 Å². The molecule has 0 unspecified atom stereocenters. The summed E-state index contributed by atoms with van der Waals surface area (Å²) in [7, 11) is 0. The number of pyridine rings is 1. The molecule has 1 amide bonds. The predicted octanol–water partition coefficient (Wildman–Crippen LogP) is 4.38. The van der Waals surface area contributed by atoms with E-state index >= 15 is 0 Å². The number of hydrogen-bond acceptors (Lipinski definition) is 6. The second-order valence-electron chi connectivity index (χ2n) is 7.27. The lowest BCUT2D eigenvalue weighted by Crippen LogP contribution is -2.35. The van der Waals surface area contributed by atoms with Crippen LogP contribution < -0.4 is 14.8 Å². The lowest BCUT2D eigenvalue weighted by molar-refractivity contribution is -0.117. The highest BCUT2D eigenvalue weighted by atomic mass is 35.5. The summed E-state index contributed by atoms with van der Waals surface area (Å²) < 4.78 is 17.7. The van der Waals surface area contributed by atoms with Crippen molar-refractivity contribution in [2.24, 2.45) is 0 Å². The van der Waals surface area contributed by atoms with E-state index in [-0.39, 0.29) is 12.5 Å². The average Bonchev–Trinajstić information content (AvgIpc) is 2.79. The molecule has 1 aliphatic heterocycles. The van der Waals surface area contributed by atoms with E-state index in [0.717, 1.165) is 5.56 Å². The third-order valence-corrected chi connectivity index (χ3v) is 5.05.